The van der Waals surface area contributed by atoms with Crippen LogP contribution in [0, 0.1) is 5.82 Å². The molecule has 0 atom stereocenters. The molecule has 0 aliphatic carbocycles. The fraction of sp³-hybridized carbons (Fsp3) is 0.500. The fourth-order valence-corrected chi connectivity index (χ4v) is 1.76. The van der Waals surface area contributed by atoms with Gasteiger partial charge in [-0.05, 0) is 31.0 Å². The van der Waals surface area contributed by atoms with Crippen LogP contribution < -0.4 is 4.74 Å². The third-order valence-corrected chi connectivity index (χ3v) is 2.77. The minimum Gasteiger partial charge on any atom is -0.493 e. The zero-order valence-corrected chi connectivity index (χ0v) is 10.9. The number of hydrogen-bond acceptors (Lipinski definition) is 2. The molecule has 90 valence electrons. The minimum absolute atomic E-state index is 0.235. The van der Waals surface area contributed by atoms with Crippen molar-refractivity contribution in [2.45, 2.75) is 18.2 Å². The molecule has 0 N–H and O–H groups in total. The molecule has 0 saturated heterocycles. The van der Waals surface area contributed by atoms with Crippen LogP contribution in [0.4, 0.5) is 4.39 Å². The number of halogens is 2. The summed E-state index contributed by atoms with van der Waals surface area (Å²) in [5.74, 6) is 0.511. The largest absolute Gasteiger partial charge is 0.493 e. The molecule has 0 amide bonds. The molecule has 16 heavy (non-hydrogen) atoms. The van der Waals surface area contributed by atoms with Crippen LogP contribution in [0.25, 0.3) is 0 Å². The summed E-state index contributed by atoms with van der Waals surface area (Å²) >= 11 is 3.31. The summed E-state index contributed by atoms with van der Waals surface area (Å²) in [5.41, 5.74) is 0.840. The monoisotopic (exact) mass is 290 g/mol. The maximum absolute atomic E-state index is 12.9. The number of benzene rings is 1. The molecular formula is C12H16BrFO2. The quantitative estimate of drug-likeness (QED) is 0.565. The van der Waals surface area contributed by atoms with E-state index in [9.17, 15) is 4.39 Å². The first kappa shape index (κ1) is 13.5. The van der Waals surface area contributed by atoms with Crippen molar-refractivity contribution < 1.29 is 13.9 Å². The van der Waals surface area contributed by atoms with Crippen LogP contribution in [-0.4, -0.2) is 20.3 Å². The zero-order valence-electron chi connectivity index (χ0n) is 9.34. The summed E-state index contributed by atoms with van der Waals surface area (Å²) < 4.78 is 23.4. The van der Waals surface area contributed by atoms with Gasteiger partial charge in [0.25, 0.3) is 0 Å². The molecule has 0 heterocycles. The van der Waals surface area contributed by atoms with Crippen LogP contribution in [0.2, 0.25) is 0 Å². The van der Waals surface area contributed by atoms with Crippen LogP contribution in [0.3, 0.4) is 0 Å². The van der Waals surface area contributed by atoms with Crippen molar-refractivity contribution in [3.05, 3.63) is 29.6 Å². The van der Waals surface area contributed by atoms with Gasteiger partial charge in [-0.3, -0.25) is 0 Å². The average Bonchev–Trinajstić information content (AvgIpc) is 2.30. The van der Waals surface area contributed by atoms with Crippen LogP contribution >= 0.6 is 15.9 Å². The van der Waals surface area contributed by atoms with Gasteiger partial charge in [0.15, 0.2) is 0 Å². The van der Waals surface area contributed by atoms with E-state index < -0.39 is 0 Å². The molecule has 0 aromatic heterocycles. The summed E-state index contributed by atoms with van der Waals surface area (Å²) in [6, 6.07) is 4.57. The lowest BCUT2D eigenvalue weighted by Gasteiger charge is -2.09. The summed E-state index contributed by atoms with van der Waals surface area (Å²) in [6.07, 6.45) is 1.91. The Balaban J connectivity index is 2.41. The third-order valence-electron chi connectivity index (χ3n) is 2.17. The van der Waals surface area contributed by atoms with Gasteiger partial charge in [0, 0.05) is 24.6 Å². The SMILES string of the molecule is COCCCCOc1ccc(F)cc1CBr. The van der Waals surface area contributed by atoms with E-state index >= 15 is 0 Å². The summed E-state index contributed by atoms with van der Waals surface area (Å²) in [4.78, 5) is 0. The summed E-state index contributed by atoms with van der Waals surface area (Å²) in [6.45, 7) is 1.38. The zero-order chi connectivity index (χ0) is 11.8. The standard InChI is InChI=1S/C12H16BrFO2/c1-15-6-2-3-7-16-12-5-4-11(14)8-10(12)9-13/h4-5,8H,2-3,6-7,9H2,1H3. The Labute approximate surface area is 104 Å². The van der Waals surface area contributed by atoms with Gasteiger partial charge in [-0.2, -0.15) is 0 Å². The van der Waals surface area contributed by atoms with Crippen LogP contribution in [0.15, 0.2) is 18.2 Å². The molecule has 0 saturated carbocycles. The predicted molar refractivity (Wildman–Crippen MR) is 65.6 cm³/mol. The lowest BCUT2D eigenvalue weighted by atomic mass is 10.2. The van der Waals surface area contributed by atoms with Gasteiger partial charge in [-0.25, -0.2) is 4.39 Å². The minimum atomic E-state index is -0.235. The van der Waals surface area contributed by atoms with Crippen LogP contribution in [0.1, 0.15) is 18.4 Å². The molecule has 2 nitrogen and oxygen atoms in total. The molecule has 0 unspecified atom stereocenters. The Hall–Kier alpha value is -0.610. The maximum atomic E-state index is 12.9. The number of alkyl halides is 1. The second-order valence-corrected chi connectivity index (χ2v) is 3.99. The Morgan fingerprint density at radius 1 is 1.25 bits per heavy atom. The molecule has 0 bridgehead atoms. The third kappa shape index (κ3) is 4.49. The first-order valence-corrected chi connectivity index (χ1v) is 6.36. The molecule has 0 fully saturated rings. The van der Waals surface area contributed by atoms with Crippen molar-refractivity contribution in [3.8, 4) is 5.75 Å². The van der Waals surface area contributed by atoms with Crippen molar-refractivity contribution in [1.29, 1.82) is 0 Å². The lowest BCUT2D eigenvalue weighted by Crippen LogP contribution is -2.01. The molecule has 1 aromatic carbocycles. The van der Waals surface area contributed by atoms with E-state index in [1.807, 2.05) is 0 Å². The molecule has 1 aromatic rings. The highest BCUT2D eigenvalue weighted by molar-refractivity contribution is 9.08. The van der Waals surface area contributed by atoms with Crippen molar-refractivity contribution in [3.63, 3.8) is 0 Å². The first-order chi connectivity index (χ1) is 7.77. The topological polar surface area (TPSA) is 18.5 Å². The molecule has 1 rings (SSSR count). The molecular weight excluding hydrogens is 275 g/mol. The van der Waals surface area contributed by atoms with Crippen LogP contribution in [-0.2, 0) is 10.1 Å². The number of hydrogen-bond donors (Lipinski definition) is 0. The van der Waals surface area contributed by atoms with Crippen molar-refractivity contribution in [1.82, 2.24) is 0 Å². The second-order valence-electron chi connectivity index (χ2n) is 3.43. The van der Waals surface area contributed by atoms with E-state index in [-0.39, 0.29) is 5.82 Å². The Kier molecular flexibility index (Phi) is 6.42. The Morgan fingerprint density at radius 3 is 2.69 bits per heavy atom. The summed E-state index contributed by atoms with van der Waals surface area (Å²) in [5, 5.41) is 0.595. The van der Waals surface area contributed by atoms with Gasteiger partial charge in [-0.15, -0.1) is 0 Å². The highest BCUT2D eigenvalue weighted by atomic mass is 79.9. The number of methoxy groups -OCH3 is 1. The molecule has 0 aliphatic heterocycles. The highest BCUT2D eigenvalue weighted by Gasteiger charge is 2.03. The second kappa shape index (κ2) is 7.63. The van der Waals surface area contributed by atoms with E-state index in [0.29, 0.717) is 11.9 Å². The average molecular weight is 291 g/mol. The van der Waals surface area contributed by atoms with Gasteiger partial charge in [0.1, 0.15) is 11.6 Å². The fourth-order valence-electron chi connectivity index (χ4n) is 1.32. The van der Waals surface area contributed by atoms with Crippen molar-refractivity contribution in [2.75, 3.05) is 20.3 Å². The van der Waals surface area contributed by atoms with E-state index in [2.05, 4.69) is 15.9 Å². The first-order valence-electron chi connectivity index (χ1n) is 5.24. The maximum Gasteiger partial charge on any atom is 0.123 e. The normalized spacial score (nSPS) is 10.4. The highest BCUT2D eigenvalue weighted by Crippen LogP contribution is 2.22. The Morgan fingerprint density at radius 2 is 2.00 bits per heavy atom. The van der Waals surface area contributed by atoms with Gasteiger partial charge >= 0.3 is 0 Å². The summed E-state index contributed by atoms with van der Waals surface area (Å²) in [7, 11) is 1.68. The van der Waals surface area contributed by atoms with E-state index in [4.69, 9.17) is 9.47 Å². The number of unbranched alkanes of at least 4 members (excludes halogenated alkanes) is 1. The van der Waals surface area contributed by atoms with Crippen molar-refractivity contribution >= 4 is 15.9 Å². The number of rotatable bonds is 7. The smallest absolute Gasteiger partial charge is 0.123 e. The van der Waals surface area contributed by atoms with E-state index in [0.717, 1.165) is 30.8 Å². The van der Waals surface area contributed by atoms with Gasteiger partial charge in [0.2, 0.25) is 0 Å². The predicted octanol–water partition coefficient (Wildman–Crippen LogP) is 3.53. The van der Waals surface area contributed by atoms with Gasteiger partial charge in [-0.1, -0.05) is 15.9 Å². The molecule has 4 heteroatoms. The van der Waals surface area contributed by atoms with E-state index in [1.165, 1.54) is 12.1 Å². The van der Waals surface area contributed by atoms with Crippen molar-refractivity contribution in [2.24, 2.45) is 0 Å². The van der Waals surface area contributed by atoms with E-state index in [1.54, 1.807) is 13.2 Å². The van der Waals surface area contributed by atoms with Gasteiger partial charge in [0.05, 0.1) is 6.61 Å². The lowest BCUT2D eigenvalue weighted by molar-refractivity contribution is 0.184. The van der Waals surface area contributed by atoms with Crippen LogP contribution in [0.5, 0.6) is 5.75 Å². The molecule has 0 radical (unpaired) electrons. The number of ether oxygens (including phenoxy) is 2. The molecule has 0 aliphatic rings. The molecule has 0 spiro atoms. The Bertz CT molecular complexity index is 318. The van der Waals surface area contributed by atoms with Gasteiger partial charge < -0.3 is 9.47 Å².